The number of hydrogen-bond donors (Lipinski definition) is 1. The standard InChI is InChI=1S/C20H22N2O/c1-4-15-8-5-6-9-16(15)13-21-18-12-14(2)22-20-17(18)10-7-11-19(20)23-3/h5-12H,4,13H2,1-3H3,(H,21,22). The number of nitrogens with one attached hydrogen (secondary N) is 1. The van der Waals surface area contributed by atoms with Gasteiger partial charge in [-0.25, -0.2) is 4.98 Å². The van der Waals surface area contributed by atoms with Crippen molar-refractivity contribution >= 4 is 16.6 Å². The summed E-state index contributed by atoms with van der Waals surface area (Å²) in [5.74, 6) is 0.809. The van der Waals surface area contributed by atoms with Crippen LogP contribution < -0.4 is 10.1 Å². The Bertz CT molecular complexity index is 827. The van der Waals surface area contributed by atoms with E-state index < -0.39 is 0 Å². The fraction of sp³-hybridized carbons (Fsp3) is 0.250. The van der Waals surface area contributed by atoms with Crippen molar-refractivity contribution in [2.75, 3.05) is 12.4 Å². The molecule has 3 nitrogen and oxygen atoms in total. The van der Waals surface area contributed by atoms with Gasteiger partial charge in [0.05, 0.1) is 7.11 Å². The topological polar surface area (TPSA) is 34.2 Å². The van der Waals surface area contributed by atoms with E-state index in [1.54, 1.807) is 7.11 Å². The molecular formula is C20H22N2O. The van der Waals surface area contributed by atoms with Crippen molar-refractivity contribution in [3.63, 3.8) is 0 Å². The highest BCUT2D eigenvalue weighted by atomic mass is 16.5. The lowest BCUT2D eigenvalue weighted by molar-refractivity contribution is 0.419. The number of pyridine rings is 1. The molecule has 3 aromatic rings. The van der Waals surface area contributed by atoms with Crippen LogP contribution >= 0.6 is 0 Å². The van der Waals surface area contributed by atoms with Gasteiger partial charge in [0.2, 0.25) is 0 Å². The van der Waals surface area contributed by atoms with Gasteiger partial charge in [0.1, 0.15) is 11.3 Å². The first-order chi connectivity index (χ1) is 11.2. The van der Waals surface area contributed by atoms with Crippen molar-refractivity contribution < 1.29 is 4.74 Å². The molecule has 0 aliphatic carbocycles. The zero-order valence-electron chi connectivity index (χ0n) is 13.9. The summed E-state index contributed by atoms with van der Waals surface area (Å²) in [5, 5.41) is 4.66. The smallest absolute Gasteiger partial charge is 0.145 e. The van der Waals surface area contributed by atoms with E-state index in [-0.39, 0.29) is 0 Å². The van der Waals surface area contributed by atoms with Crippen molar-refractivity contribution in [2.24, 2.45) is 0 Å². The number of aryl methyl sites for hydroxylation is 2. The van der Waals surface area contributed by atoms with E-state index in [1.165, 1.54) is 11.1 Å². The third-order valence-corrected chi connectivity index (χ3v) is 4.12. The lowest BCUT2D eigenvalue weighted by atomic mass is 10.0. The van der Waals surface area contributed by atoms with Crippen LogP contribution in [-0.4, -0.2) is 12.1 Å². The first-order valence-corrected chi connectivity index (χ1v) is 7.98. The zero-order chi connectivity index (χ0) is 16.2. The highest BCUT2D eigenvalue weighted by Crippen LogP contribution is 2.30. The summed E-state index contributed by atoms with van der Waals surface area (Å²) in [4.78, 5) is 4.63. The largest absolute Gasteiger partial charge is 0.494 e. The second-order valence-corrected chi connectivity index (χ2v) is 5.64. The first kappa shape index (κ1) is 15.3. The van der Waals surface area contributed by atoms with Gasteiger partial charge in [-0.2, -0.15) is 0 Å². The Hall–Kier alpha value is -2.55. The van der Waals surface area contributed by atoms with E-state index in [0.717, 1.165) is 41.0 Å². The zero-order valence-corrected chi connectivity index (χ0v) is 13.9. The molecule has 0 fully saturated rings. The van der Waals surface area contributed by atoms with E-state index in [2.05, 4.69) is 53.6 Å². The first-order valence-electron chi connectivity index (χ1n) is 7.98. The van der Waals surface area contributed by atoms with Crippen molar-refractivity contribution in [1.82, 2.24) is 4.98 Å². The summed E-state index contributed by atoms with van der Waals surface area (Å²) in [5.41, 5.74) is 5.69. The molecule has 3 rings (SSSR count). The predicted molar refractivity (Wildman–Crippen MR) is 96.2 cm³/mol. The molecule has 0 radical (unpaired) electrons. The lowest BCUT2D eigenvalue weighted by Crippen LogP contribution is -2.04. The molecular weight excluding hydrogens is 284 g/mol. The van der Waals surface area contributed by atoms with Crippen LogP contribution in [0.2, 0.25) is 0 Å². The fourth-order valence-corrected chi connectivity index (χ4v) is 2.93. The van der Waals surface area contributed by atoms with E-state index in [1.807, 2.05) is 19.1 Å². The van der Waals surface area contributed by atoms with E-state index in [0.29, 0.717) is 0 Å². The van der Waals surface area contributed by atoms with Gasteiger partial charge in [-0.3, -0.25) is 0 Å². The monoisotopic (exact) mass is 306 g/mol. The number of methoxy groups -OCH3 is 1. The highest BCUT2D eigenvalue weighted by Gasteiger charge is 2.09. The average molecular weight is 306 g/mol. The number of nitrogens with zero attached hydrogens (tertiary/aromatic N) is 1. The molecule has 0 aliphatic heterocycles. The summed E-state index contributed by atoms with van der Waals surface area (Å²) < 4.78 is 5.45. The molecule has 2 aromatic carbocycles. The molecule has 0 atom stereocenters. The number of benzene rings is 2. The van der Waals surface area contributed by atoms with Crippen LogP contribution in [0, 0.1) is 6.92 Å². The molecule has 1 aromatic heterocycles. The molecule has 0 saturated carbocycles. The number of para-hydroxylation sites is 1. The minimum atomic E-state index is 0.805. The van der Waals surface area contributed by atoms with Crippen molar-refractivity contribution in [3.05, 3.63) is 65.4 Å². The van der Waals surface area contributed by atoms with Crippen molar-refractivity contribution in [1.29, 1.82) is 0 Å². The quantitative estimate of drug-likeness (QED) is 0.740. The van der Waals surface area contributed by atoms with Gasteiger partial charge in [-0.1, -0.05) is 43.3 Å². The molecule has 3 heteroatoms. The Labute approximate surface area is 137 Å². The normalized spacial score (nSPS) is 10.7. The van der Waals surface area contributed by atoms with Crippen molar-refractivity contribution in [3.8, 4) is 5.75 Å². The van der Waals surface area contributed by atoms with E-state index in [9.17, 15) is 0 Å². The van der Waals surface area contributed by atoms with Gasteiger partial charge in [-0.15, -0.1) is 0 Å². The second-order valence-electron chi connectivity index (χ2n) is 5.64. The number of fused-ring (bicyclic) bond motifs is 1. The van der Waals surface area contributed by atoms with Crippen LogP contribution in [0.3, 0.4) is 0 Å². The van der Waals surface area contributed by atoms with Gasteiger partial charge in [0, 0.05) is 23.3 Å². The Kier molecular flexibility index (Phi) is 4.47. The number of rotatable bonds is 5. The van der Waals surface area contributed by atoms with E-state index >= 15 is 0 Å². The van der Waals surface area contributed by atoms with Gasteiger partial charge >= 0.3 is 0 Å². The predicted octanol–water partition coefficient (Wildman–Crippen LogP) is 4.73. The Balaban J connectivity index is 1.97. The minimum Gasteiger partial charge on any atom is -0.494 e. The number of anilines is 1. The second kappa shape index (κ2) is 6.69. The molecule has 0 spiro atoms. The van der Waals surface area contributed by atoms with Gasteiger partial charge < -0.3 is 10.1 Å². The maximum Gasteiger partial charge on any atom is 0.145 e. The molecule has 1 N–H and O–H groups in total. The average Bonchev–Trinajstić information content (AvgIpc) is 2.59. The van der Waals surface area contributed by atoms with Crippen LogP contribution in [0.25, 0.3) is 10.9 Å². The maximum atomic E-state index is 5.45. The molecule has 0 unspecified atom stereocenters. The van der Waals surface area contributed by atoms with Gasteiger partial charge in [-0.05, 0) is 36.6 Å². The van der Waals surface area contributed by atoms with Crippen LogP contribution in [0.1, 0.15) is 23.7 Å². The molecule has 23 heavy (non-hydrogen) atoms. The SMILES string of the molecule is CCc1ccccc1CNc1cc(C)nc2c(OC)cccc12. The molecule has 0 bridgehead atoms. The Morgan fingerprint density at radius 1 is 1.04 bits per heavy atom. The van der Waals surface area contributed by atoms with E-state index in [4.69, 9.17) is 4.74 Å². The summed E-state index contributed by atoms with van der Waals surface area (Å²) >= 11 is 0. The van der Waals surface area contributed by atoms with Crippen molar-refractivity contribution in [2.45, 2.75) is 26.8 Å². The summed E-state index contributed by atoms with van der Waals surface area (Å²) in [6.07, 6.45) is 1.04. The highest BCUT2D eigenvalue weighted by molar-refractivity contribution is 5.95. The number of hydrogen-bond acceptors (Lipinski definition) is 3. The fourth-order valence-electron chi connectivity index (χ4n) is 2.93. The molecule has 118 valence electrons. The molecule has 1 heterocycles. The summed E-state index contributed by atoms with van der Waals surface area (Å²) in [6.45, 7) is 5.01. The van der Waals surface area contributed by atoms with Crippen LogP contribution in [-0.2, 0) is 13.0 Å². The molecule has 0 saturated heterocycles. The third-order valence-electron chi connectivity index (χ3n) is 4.12. The summed E-state index contributed by atoms with van der Waals surface area (Å²) in [6, 6.07) is 16.7. The summed E-state index contributed by atoms with van der Waals surface area (Å²) in [7, 11) is 1.68. The lowest BCUT2D eigenvalue weighted by Gasteiger charge is -2.14. The van der Waals surface area contributed by atoms with Crippen LogP contribution in [0.4, 0.5) is 5.69 Å². The Morgan fingerprint density at radius 3 is 2.57 bits per heavy atom. The number of ether oxygens (including phenoxy) is 1. The molecule has 0 aliphatic rings. The van der Waals surface area contributed by atoms with Crippen LogP contribution in [0.15, 0.2) is 48.5 Å². The van der Waals surface area contributed by atoms with Gasteiger partial charge in [0.25, 0.3) is 0 Å². The number of aromatic nitrogens is 1. The maximum absolute atomic E-state index is 5.45. The Morgan fingerprint density at radius 2 is 1.83 bits per heavy atom. The third kappa shape index (κ3) is 3.14. The van der Waals surface area contributed by atoms with Gasteiger partial charge in [0.15, 0.2) is 0 Å². The molecule has 0 amide bonds. The minimum absolute atomic E-state index is 0.805. The van der Waals surface area contributed by atoms with Crippen LogP contribution in [0.5, 0.6) is 5.75 Å².